The fourth-order valence-electron chi connectivity index (χ4n) is 3.67. The van der Waals surface area contributed by atoms with E-state index in [1.54, 1.807) is 6.20 Å². The number of aryl methyl sites for hydroxylation is 1. The first-order chi connectivity index (χ1) is 11.6. The van der Waals surface area contributed by atoms with E-state index in [0.717, 1.165) is 27.6 Å². The standard InChI is InChI=1S/C21H19NO2/c1-13-8-9-18(20-17(23)11-14(2)19(13)20)24-12-16-6-3-5-15-7-4-10-22-21(15)16/h3-10,14H,11-12H2,1-2H3/t14-/m0/s1. The van der Waals surface area contributed by atoms with E-state index >= 15 is 0 Å². The van der Waals surface area contributed by atoms with Gasteiger partial charge in [-0.3, -0.25) is 9.78 Å². The Bertz CT molecular complexity index is 940. The minimum Gasteiger partial charge on any atom is -0.488 e. The number of para-hydroxylation sites is 1. The first kappa shape index (κ1) is 14.9. The van der Waals surface area contributed by atoms with Crippen molar-refractivity contribution >= 4 is 16.7 Å². The Morgan fingerprint density at radius 3 is 2.88 bits per heavy atom. The molecular weight excluding hydrogens is 298 g/mol. The largest absolute Gasteiger partial charge is 0.488 e. The molecule has 1 heterocycles. The number of fused-ring (bicyclic) bond motifs is 2. The van der Waals surface area contributed by atoms with Gasteiger partial charge in [0.05, 0.1) is 11.1 Å². The number of Topliss-reactive ketones (excluding diaryl/α,β-unsaturated/α-hetero) is 1. The molecule has 0 spiro atoms. The number of benzene rings is 2. The molecule has 0 unspecified atom stereocenters. The molecule has 120 valence electrons. The number of rotatable bonds is 3. The molecule has 3 heteroatoms. The molecule has 0 bridgehead atoms. The van der Waals surface area contributed by atoms with Crippen molar-refractivity contribution in [1.82, 2.24) is 4.98 Å². The van der Waals surface area contributed by atoms with Crippen LogP contribution >= 0.6 is 0 Å². The molecule has 0 fully saturated rings. The van der Waals surface area contributed by atoms with Gasteiger partial charge in [0.25, 0.3) is 0 Å². The van der Waals surface area contributed by atoms with Crippen LogP contribution in [0.2, 0.25) is 0 Å². The fraction of sp³-hybridized carbons (Fsp3) is 0.238. The van der Waals surface area contributed by atoms with Crippen molar-refractivity contribution in [1.29, 1.82) is 0 Å². The third-order valence-electron chi connectivity index (χ3n) is 4.79. The van der Waals surface area contributed by atoms with Gasteiger partial charge in [0.15, 0.2) is 5.78 Å². The van der Waals surface area contributed by atoms with E-state index in [0.29, 0.717) is 18.8 Å². The van der Waals surface area contributed by atoms with E-state index in [1.165, 1.54) is 5.56 Å². The van der Waals surface area contributed by atoms with Gasteiger partial charge in [-0.25, -0.2) is 0 Å². The summed E-state index contributed by atoms with van der Waals surface area (Å²) < 4.78 is 6.06. The summed E-state index contributed by atoms with van der Waals surface area (Å²) >= 11 is 0. The van der Waals surface area contributed by atoms with Gasteiger partial charge in [-0.1, -0.05) is 37.3 Å². The molecule has 2 aromatic carbocycles. The average molecular weight is 317 g/mol. The van der Waals surface area contributed by atoms with Crippen LogP contribution in [0.3, 0.4) is 0 Å². The third kappa shape index (κ3) is 2.37. The second-order valence-electron chi connectivity index (χ2n) is 6.48. The van der Waals surface area contributed by atoms with Crippen LogP contribution in [-0.4, -0.2) is 10.8 Å². The first-order valence-corrected chi connectivity index (χ1v) is 8.27. The molecule has 1 aromatic heterocycles. The van der Waals surface area contributed by atoms with Crippen molar-refractivity contribution in [2.75, 3.05) is 0 Å². The van der Waals surface area contributed by atoms with Crippen LogP contribution < -0.4 is 4.74 Å². The maximum absolute atomic E-state index is 12.4. The highest BCUT2D eigenvalue weighted by Crippen LogP contribution is 2.40. The van der Waals surface area contributed by atoms with Crippen molar-refractivity contribution in [3.63, 3.8) is 0 Å². The van der Waals surface area contributed by atoms with E-state index < -0.39 is 0 Å². The smallest absolute Gasteiger partial charge is 0.167 e. The van der Waals surface area contributed by atoms with E-state index in [2.05, 4.69) is 18.8 Å². The number of ether oxygens (including phenoxy) is 1. The Hall–Kier alpha value is -2.68. The zero-order valence-corrected chi connectivity index (χ0v) is 13.9. The fourth-order valence-corrected chi connectivity index (χ4v) is 3.67. The zero-order chi connectivity index (χ0) is 16.7. The van der Waals surface area contributed by atoms with Gasteiger partial charge in [0, 0.05) is 23.6 Å². The number of ketones is 1. The van der Waals surface area contributed by atoms with Crippen molar-refractivity contribution < 1.29 is 9.53 Å². The number of nitrogens with zero attached hydrogens (tertiary/aromatic N) is 1. The van der Waals surface area contributed by atoms with E-state index in [1.807, 2.05) is 42.5 Å². The summed E-state index contributed by atoms with van der Waals surface area (Å²) in [5, 5.41) is 1.09. The van der Waals surface area contributed by atoms with E-state index in [4.69, 9.17) is 4.74 Å². The van der Waals surface area contributed by atoms with Gasteiger partial charge in [-0.15, -0.1) is 0 Å². The zero-order valence-electron chi connectivity index (χ0n) is 13.9. The molecule has 24 heavy (non-hydrogen) atoms. The van der Waals surface area contributed by atoms with Crippen LogP contribution in [0.5, 0.6) is 5.75 Å². The molecule has 3 nitrogen and oxygen atoms in total. The minimum atomic E-state index is 0.187. The monoisotopic (exact) mass is 317 g/mol. The maximum atomic E-state index is 12.4. The summed E-state index contributed by atoms with van der Waals surface area (Å²) in [4.78, 5) is 16.8. The maximum Gasteiger partial charge on any atom is 0.167 e. The normalized spacial score (nSPS) is 16.4. The van der Waals surface area contributed by atoms with Crippen LogP contribution in [0.4, 0.5) is 0 Å². The number of pyridine rings is 1. The van der Waals surface area contributed by atoms with Crippen LogP contribution in [-0.2, 0) is 6.61 Å². The lowest BCUT2D eigenvalue weighted by Gasteiger charge is -2.14. The summed E-state index contributed by atoms with van der Waals surface area (Å²) in [7, 11) is 0. The molecule has 0 aliphatic heterocycles. The van der Waals surface area contributed by atoms with Gasteiger partial charge >= 0.3 is 0 Å². The average Bonchev–Trinajstić information content (AvgIpc) is 2.90. The van der Waals surface area contributed by atoms with Gasteiger partial charge < -0.3 is 4.74 Å². The van der Waals surface area contributed by atoms with E-state index in [9.17, 15) is 4.79 Å². The molecule has 1 aliphatic carbocycles. The molecule has 1 atom stereocenters. The highest BCUT2D eigenvalue weighted by molar-refractivity contribution is 6.04. The minimum absolute atomic E-state index is 0.187. The molecule has 0 saturated carbocycles. The topological polar surface area (TPSA) is 39.2 Å². The lowest BCUT2D eigenvalue weighted by atomic mass is 9.97. The predicted octanol–water partition coefficient (Wildman–Crippen LogP) is 4.81. The quantitative estimate of drug-likeness (QED) is 0.695. The lowest BCUT2D eigenvalue weighted by molar-refractivity contribution is 0.0986. The van der Waals surface area contributed by atoms with Crippen molar-refractivity contribution in [2.24, 2.45) is 0 Å². The number of carbonyl (C=O) groups is 1. The van der Waals surface area contributed by atoms with Gasteiger partial charge in [-0.05, 0) is 36.1 Å². The van der Waals surface area contributed by atoms with Gasteiger partial charge in [0.2, 0.25) is 0 Å². The summed E-state index contributed by atoms with van der Waals surface area (Å²) in [5.74, 6) is 1.15. The van der Waals surface area contributed by atoms with Crippen LogP contribution in [0, 0.1) is 6.92 Å². The molecule has 1 aliphatic rings. The van der Waals surface area contributed by atoms with Crippen LogP contribution in [0.1, 0.15) is 46.3 Å². The Kier molecular flexibility index (Phi) is 3.57. The SMILES string of the molecule is Cc1ccc(OCc2cccc3cccnc23)c2c1[C@@H](C)CC2=O. The summed E-state index contributed by atoms with van der Waals surface area (Å²) in [5.41, 5.74) is 5.07. The second-order valence-corrected chi connectivity index (χ2v) is 6.48. The molecule has 0 amide bonds. The number of hydrogen-bond donors (Lipinski definition) is 0. The second kappa shape index (κ2) is 5.75. The number of aromatic nitrogens is 1. The van der Waals surface area contributed by atoms with Crippen molar-refractivity contribution in [3.8, 4) is 5.75 Å². The Morgan fingerprint density at radius 2 is 2.00 bits per heavy atom. The Morgan fingerprint density at radius 1 is 1.17 bits per heavy atom. The number of hydrogen-bond acceptors (Lipinski definition) is 3. The highest BCUT2D eigenvalue weighted by Gasteiger charge is 2.31. The number of carbonyl (C=O) groups excluding carboxylic acids is 1. The highest BCUT2D eigenvalue weighted by atomic mass is 16.5. The first-order valence-electron chi connectivity index (χ1n) is 8.27. The molecule has 4 rings (SSSR count). The third-order valence-corrected chi connectivity index (χ3v) is 4.79. The molecular formula is C21H19NO2. The summed E-state index contributed by atoms with van der Waals surface area (Å²) in [6.45, 7) is 4.58. The van der Waals surface area contributed by atoms with Crippen molar-refractivity contribution in [3.05, 3.63) is 70.9 Å². The summed E-state index contributed by atoms with van der Waals surface area (Å²) in [6, 6.07) is 14.0. The van der Waals surface area contributed by atoms with Gasteiger partial charge in [0.1, 0.15) is 12.4 Å². The Labute approximate surface area is 141 Å². The van der Waals surface area contributed by atoms with Crippen molar-refractivity contribution in [2.45, 2.75) is 32.8 Å². The van der Waals surface area contributed by atoms with E-state index in [-0.39, 0.29) is 11.7 Å². The molecule has 3 aromatic rings. The molecule has 0 saturated heterocycles. The van der Waals surface area contributed by atoms with Crippen LogP contribution in [0.25, 0.3) is 10.9 Å². The lowest BCUT2D eigenvalue weighted by Crippen LogP contribution is -2.03. The summed E-state index contributed by atoms with van der Waals surface area (Å²) in [6.07, 6.45) is 2.37. The molecule has 0 radical (unpaired) electrons. The predicted molar refractivity (Wildman–Crippen MR) is 94.6 cm³/mol. The van der Waals surface area contributed by atoms with Gasteiger partial charge in [-0.2, -0.15) is 0 Å². The Balaban J connectivity index is 1.69. The molecule has 0 N–H and O–H groups in total. The van der Waals surface area contributed by atoms with Crippen LogP contribution in [0.15, 0.2) is 48.7 Å².